The molecule has 1 aromatic heterocycles. The maximum atomic E-state index is 4.60. The molecule has 1 fully saturated rings. The maximum Gasteiger partial charge on any atom is 0.134 e. The second-order valence-electron chi connectivity index (χ2n) is 6.18. The highest BCUT2D eigenvalue weighted by molar-refractivity contribution is 5.57. The number of hydrogen-bond acceptors (Lipinski definition) is 4. The molecule has 0 saturated heterocycles. The summed E-state index contributed by atoms with van der Waals surface area (Å²) in [6.07, 6.45) is 3.65. The normalized spacial score (nSPS) is 25.8. The number of rotatable bonds is 5. The van der Waals surface area contributed by atoms with Crippen LogP contribution in [-0.4, -0.2) is 22.6 Å². The molecule has 0 radical (unpaired) electrons. The van der Waals surface area contributed by atoms with E-state index in [1.807, 2.05) is 6.92 Å². The summed E-state index contributed by atoms with van der Waals surface area (Å²) in [5, 5.41) is 7.05. The highest BCUT2D eigenvalue weighted by atomic mass is 15.1. The largest absolute Gasteiger partial charge is 0.370 e. The molecular weight excluding hydrogens is 248 g/mol. The zero-order valence-electron chi connectivity index (χ0n) is 13.5. The van der Waals surface area contributed by atoms with Crippen molar-refractivity contribution in [1.82, 2.24) is 9.97 Å². The molecule has 3 atom stereocenters. The summed E-state index contributed by atoms with van der Waals surface area (Å²) in [7, 11) is 0. The smallest absolute Gasteiger partial charge is 0.134 e. The Hall–Kier alpha value is -1.32. The van der Waals surface area contributed by atoms with Crippen molar-refractivity contribution < 1.29 is 0 Å². The zero-order chi connectivity index (χ0) is 14.7. The van der Waals surface area contributed by atoms with Gasteiger partial charge in [0.2, 0.25) is 0 Å². The van der Waals surface area contributed by atoms with E-state index in [-0.39, 0.29) is 0 Å². The molecule has 0 spiro atoms. The lowest BCUT2D eigenvalue weighted by atomic mass is 9.98. The van der Waals surface area contributed by atoms with Crippen LogP contribution in [0.25, 0.3) is 0 Å². The monoisotopic (exact) mass is 276 g/mol. The third kappa shape index (κ3) is 3.22. The van der Waals surface area contributed by atoms with Crippen LogP contribution in [0.1, 0.15) is 51.4 Å². The fraction of sp³-hybridized carbons (Fsp3) is 0.750. The molecule has 112 valence electrons. The number of nitrogens with one attached hydrogen (secondary N) is 2. The molecule has 2 rings (SSSR count). The number of aromatic nitrogens is 2. The Balaban J connectivity index is 2.16. The number of anilines is 2. The van der Waals surface area contributed by atoms with E-state index in [1.54, 1.807) is 0 Å². The lowest BCUT2D eigenvalue weighted by molar-refractivity contribution is 0.435. The van der Waals surface area contributed by atoms with E-state index in [0.717, 1.165) is 41.9 Å². The molecule has 20 heavy (non-hydrogen) atoms. The third-order valence-corrected chi connectivity index (χ3v) is 4.59. The summed E-state index contributed by atoms with van der Waals surface area (Å²) in [6, 6.07) is 0.539. The predicted molar refractivity (Wildman–Crippen MR) is 85.3 cm³/mol. The lowest BCUT2D eigenvalue weighted by Gasteiger charge is -2.22. The van der Waals surface area contributed by atoms with E-state index < -0.39 is 0 Å². The van der Waals surface area contributed by atoms with Gasteiger partial charge in [-0.3, -0.25) is 0 Å². The molecule has 1 saturated carbocycles. The van der Waals surface area contributed by atoms with Crippen LogP contribution in [0.15, 0.2) is 0 Å². The van der Waals surface area contributed by atoms with Crippen LogP contribution >= 0.6 is 0 Å². The van der Waals surface area contributed by atoms with Crippen molar-refractivity contribution >= 4 is 11.6 Å². The molecule has 4 heteroatoms. The first kappa shape index (κ1) is 15.1. The van der Waals surface area contributed by atoms with Gasteiger partial charge in [0.15, 0.2) is 0 Å². The van der Waals surface area contributed by atoms with Crippen LogP contribution in [0.3, 0.4) is 0 Å². The van der Waals surface area contributed by atoms with Crippen LogP contribution in [0.5, 0.6) is 0 Å². The summed E-state index contributed by atoms with van der Waals surface area (Å²) < 4.78 is 0. The molecule has 0 aliphatic heterocycles. The molecule has 0 bridgehead atoms. The molecule has 0 aromatic carbocycles. The Kier molecular flexibility index (Phi) is 4.84. The Morgan fingerprint density at radius 1 is 1.10 bits per heavy atom. The number of nitrogens with zero attached hydrogens (tertiary/aromatic N) is 2. The highest BCUT2D eigenvalue weighted by Gasteiger charge is 2.30. The van der Waals surface area contributed by atoms with Crippen LogP contribution in [0, 0.1) is 25.7 Å². The average molecular weight is 276 g/mol. The first-order valence-corrected chi connectivity index (χ1v) is 7.88. The van der Waals surface area contributed by atoms with Crippen molar-refractivity contribution in [1.29, 1.82) is 0 Å². The zero-order valence-corrected chi connectivity index (χ0v) is 13.5. The van der Waals surface area contributed by atoms with Crippen molar-refractivity contribution in [2.75, 3.05) is 17.2 Å². The van der Waals surface area contributed by atoms with Crippen molar-refractivity contribution in [2.24, 2.45) is 11.8 Å². The first-order valence-electron chi connectivity index (χ1n) is 7.88. The van der Waals surface area contributed by atoms with Gasteiger partial charge in [0.25, 0.3) is 0 Å². The second-order valence-corrected chi connectivity index (χ2v) is 6.18. The molecular formula is C16H28N4. The van der Waals surface area contributed by atoms with Gasteiger partial charge < -0.3 is 10.6 Å². The van der Waals surface area contributed by atoms with Crippen molar-refractivity contribution in [3.8, 4) is 0 Å². The van der Waals surface area contributed by atoms with Gasteiger partial charge in [0.1, 0.15) is 17.5 Å². The van der Waals surface area contributed by atoms with Crippen molar-refractivity contribution in [3.63, 3.8) is 0 Å². The predicted octanol–water partition coefficient (Wildman–Crippen LogP) is 3.76. The minimum Gasteiger partial charge on any atom is -0.370 e. The summed E-state index contributed by atoms with van der Waals surface area (Å²) in [5.41, 5.74) is 1.14. The molecule has 1 aliphatic carbocycles. The van der Waals surface area contributed by atoms with Gasteiger partial charge in [-0.05, 0) is 44.9 Å². The van der Waals surface area contributed by atoms with Crippen molar-refractivity contribution in [3.05, 3.63) is 11.4 Å². The minimum absolute atomic E-state index is 0.539. The van der Waals surface area contributed by atoms with Gasteiger partial charge in [0.05, 0.1) is 0 Å². The SMILES string of the molecule is CCCNc1nc(C)nc(NC2CCC(C)C2C)c1C. The summed E-state index contributed by atoms with van der Waals surface area (Å²) in [5.74, 6) is 4.31. The third-order valence-electron chi connectivity index (χ3n) is 4.59. The van der Waals surface area contributed by atoms with Crippen molar-refractivity contribution in [2.45, 2.75) is 59.9 Å². The van der Waals surface area contributed by atoms with Gasteiger partial charge in [-0.15, -0.1) is 0 Å². The van der Waals surface area contributed by atoms with Crippen LogP contribution in [0.2, 0.25) is 0 Å². The minimum atomic E-state index is 0.539. The fourth-order valence-corrected chi connectivity index (χ4v) is 2.93. The van der Waals surface area contributed by atoms with Gasteiger partial charge >= 0.3 is 0 Å². The van der Waals surface area contributed by atoms with E-state index in [4.69, 9.17) is 0 Å². The van der Waals surface area contributed by atoms with Gasteiger partial charge in [-0.2, -0.15) is 0 Å². The van der Waals surface area contributed by atoms with E-state index in [9.17, 15) is 0 Å². The van der Waals surface area contributed by atoms with Gasteiger partial charge in [-0.1, -0.05) is 20.8 Å². The van der Waals surface area contributed by atoms with Crippen LogP contribution < -0.4 is 10.6 Å². The second kappa shape index (κ2) is 6.42. The summed E-state index contributed by atoms with van der Waals surface area (Å²) in [6.45, 7) is 11.9. The molecule has 1 aliphatic rings. The Labute approximate surface area is 122 Å². The first-order chi connectivity index (χ1) is 9.52. The molecule has 4 nitrogen and oxygen atoms in total. The summed E-state index contributed by atoms with van der Waals surface area (Å²) in [4.78, 5) is 9.12. The molecule has 2 N–H and O–H groups in total. The average Bonchev–Trinajstić information content (AvgIpc) is 2.73. The molecule has 3 unspecified atom stereocenters. The maximum absolute atomic E-state index is 4.60. The number of hydrogen-bond donors (Lipinski definition) is 2. The van der Waals surface area contributed by atoms with E-state index >= 15 is 0 Å². The highest BCUT2D eigenvalue weighted by Crippen LogP contribution is 2.34. The number of aryl methyl sites for hydroxylation is 1. The topological polar surface area (TPSA) is 49.8 Å². The summed E-state index contributed by atoms with van der Waals surface area (Å²) >= 11 is 0. The van der Waals surface area contributed by atoms with E-state index in [1.165, 1.54) is 12.8 Å². The molecule has 1 aromatic rings. The van der Waals surface area contributed by atoms with E-state index in [0.29, 0.717) is 12.0 Å². The lowest BCUT2D eigenvalue weighted by Crippen LogP contribution is -2.25. The molecule has 1 heterocycles. The Bertz CT molecular complexity index is 458. The fourth-order valence-electron chi connectivity index (χ4n) is 2.93. The molecule has 0 amide bonds. The van der Waals surface area contributed by atoms with Crippen LogP contribution in [0.4, 0.5) is 11.6 Å². The Morgan fingerprint density at radius 3 is 2.40 bits per heavy atom. The van der Waals surface area contributed by atoms with E-state index in [2.05, 4.69) is 48.3 Å². The van der Waals surface area contributed by atoms with Crippen LogP contribution in [-0.2, 0) is 0 Å². The van der Waals surface area contributed by atoms with Gasteiger partial charge in [-0.25, -0.2) is 9.97 Å². The Morgan fingerprint density at radius 2 is 1.80 bits per heavy atom. The quantitative estimate of drug-likeness (QED) is 0.859. The van der Waals surface area contributed by atoms with Gasteiger partial charge in [0, 0.05) is 18.2 Å². The standard InChI is InChI=1S/C16H28N4/c1-6-9-17-15-12(4)16(19-13(5)18-15)20-14-8-7-10(2)11(14)3/h10-11,14H,6-9H2,1-5H3,(H2,17,18,19,20).